The number of furan rings is 1. The first kappa shape index (κ1) is 15.8. The zero-order valence-corrected chi connectivity index (χ0v) is 13.8. The molecule has 1 aromatic carbocycles. The molecule has 130 valence electrons. The van der Waals surface area contributed by atoms with Gasteiger partial charge in [-0.3, -0.25) is 0 Å². The molecule has 0 fully saturated rings. The number of aliphatic hydroxyl groups is 1. The van der Waals surface area contributed by atoms with Gasteiger partial charge in [-0.1, -0.05) is 0 Å². The van der Waals surface area contributed by atoms with Gasteiger partial charge in [-0.25, -0.2) is 4.98 Å². The van der Waals surface area contributed by atoms with Crippen molar-refractivity contribution in [1.29, 1.82) is 0 Å². The lowest BCUT2D eigenvalue weighted by Gasteiger charge is -2.19. The maximum atomic E-state index is 9.73. The molecule has 0 aliphatic carbocycles. The Morgan fingerprint density at radius 3 is 2.84 bits per heavy atom. The SMILES string of the molecule is OC[C@@H](Cc1ccco1)Cn1ccnc1-c1ccc2c(c1)OCCO2. The molecule has 1 N–H and O–H groups in total. The monoisotopic (exact) mass is 340 g/mol. The fourth-order valence-corrected chi connectivity index (χ4v) is 3.08. The van der Waals surface area contributed by atoms with Gasteiger partial charge in [0.25, 0.3) is 0 Å². The molecule has 6 nitrogen and oxygen atoms in total. The second kappa shape index (κ2) is 7.03. The molecule has 1 aliphatic heterocycles. The fourth-order valence-electron chi connectivity index (χ4n) is 3.08. The van der Waals surface area contributed by atoms with Gasteiger partial charge < -0.3 is 23.6 Å². The highest BCUT2D eigenvalue weighted by Gasteiger charge is 2.17. The zero-order valence-electron chi connectivity index (χ0n) is 13.8. The summed E-state index contributed by atoms with van der Waals surface area (Å²) in [4.78, 5) is 4.48. The fraction of sp³-hybridized carbons (Fsp3) is 0.316. The van der Waals surface area contributed by atoms with E-state index in [1.807, 2.05) is 36.5 Å². The van der Waals surface area contributed by atoms with Crippen LogP contribution in [0, 0.1) is 5.92 Å². The Morgan fingerprint density at radius 1 is 1.16 bits per heavy atom. The van der Waals surface area contributed by atoms with Crippen LogP contribution < -0.4 is 9.47 Å². The van der Waals surface area contributed by atoms with Crippen molar-refractivity contribution in [2.75, 3.05) is 19.8 Å². The Kier molecular flexibility index (Phi) is 4.43. The first-order valence-corrected chi connectivity index (χ1v) is 8.38. The number of hydrogen-bond donors (Lipinski definition) is 1. The molecule has 1 aliphatic rings. The number of hydrogen-bond acceptors (Lipinski definition) is 5. The lowest BCUT2D eigenvalue weighted by molar-refractivity contribution is 0.171. The van der Waals surface area contributed by atoms with E-state index >= 15 is 0 Å². The number of imidazole rings is 1. The number of ether oxygens (including phenoxy) is 2. The predicted octanol–water partition coefficient (Wildman–Crippen LogP) is 2.77. The molecule has 4 rings (SSSR count). The largest absolute Gasteiger partial charge is 0.486 e. The Hall–Kier alpha value is -2.73. The smallest absolute Gasteiger partial charge is 0.162 e. The third-order valence-corrected chi connectivity index (χ3v) is 4.30. The first-order valence-electron chi connectivity index (χ1n) is 8.38. The minimum atomic E-state index is 0.0521. The lowest BCUT2D eigenvalue weighted by Crippen LogP contribution is -2.17. The van der Waals surface area contributed by atoms with Crippen molar-refractivity contribution >= 4 is 0 Å². The normalized spacial score (nSPS) is 14.4. The van der Waals surface area contributed by atoms with Crippen molar-refractivity contribution in [3.05, 3.63) is 54.7 Å². The van der Waals surface area contributed by atoms with E-state index in [4.69, 9.17) is 13.9 Å². The quantitative estimate of drug-likeness (QED) is 0.747. The number of rotatable bonds is 6. The van der Waals surface area contributed by atoms with Crippen LogP contribution in [0.4, 0.5) is 0 Å². The van der Waals surface area contributed by atoms with Gasteiger partial charge in [-0.2, -0.15) is 0 Å². The number of aromatic nitrogens is 2. The van der Waals surface area contributed by atoms with Crippen LogP contribution in [0.1, 0.15) is 5.76 Å². The van der Waals surface area contributed by atoms with E-state index in [2.05, 4.69) is 9.55 Å². The molecular formula is C19H20N2O4. The summed E-state index contributed by atoms with van der Waals surface area (Å²) in [6.07, 6.45) is 6.04. The van der Waals surface area contributed by atoms with E-state index in [0.29, 0.717) is 26.2 Å². The Balaban J connectivity index is 1.55. The highest BCUT2D eigenvalue weighted by molar-refractivity contribution is 5.61. The van der Waals surface area contributed by atoms with Gasteiger partial charge in [0.1, 0.15) is 24.8 Å². The molecule has 0 amide bonds. The highest BCUT2D eigenvalue weighted by Crippen LogP contribution is 2.34. The molecule has 25 heavy (non-hydrogen) atoms. The maximum Gasteiger partial charge on any atom is 0.162 e. The van der Waals surface area contributed by atoms with Crippen molar-refractivity contribution in [3.8, 4) is 22.9 Å². The summed E-state index contributed by atoms with van der Waals surface area (Å²) < 4.78 is 18.7. The summed E-state index contributed by atoms with van der Waals surface area (Å²) >= 11 is 0. The summed E-state index contributed by atoms with van der Waals surface area (Å²) in [7, 11) is 0. The molecule has 0 radical (unpaired) electrons. The second-order valence-corrected chi connectivity index (χ2v) is 6.09. The maximum absolute atomic E-state index is 9.73. The Morgan fingerprint density at radius 2 is 2.04 bits per heavy atom. The van der Waals surface area contributed by atoms with Gasteiger partial charge in [-0.15, -0.1) is 0 Å². The summed E-state index contributed by atoms with van der Waals surface area (Å²) in [5.41, 5.74) is 0.962. The van der Waals surface area contributed by atoms with E-state index in [9.17, 15) is 5.11 Å². The summed E-state index contributed by atoms with van der Waals surface area (Å²) in [5, 5.41) is 9.73. The molecule has 6 heteroatoms. The molecular weight excluding hydrogens is 320 g/mol. The van der Waals surface area contributed by atoms with Gasteiger partial charge in [0.15, 0.2) is 11.5 Å². The Labute approximate surface area is 145 Å². The van der Waals surface area contributed by atoms with Crippen LogP contribution in [0.25, 0.3) is 11.4 Å². The van der Waals surface area contributed by atoms with Gasteiger partial charge in [0.2, 0.25) is 0 Å². The number of fused-ring (bicyclic) bond motifs is 1. The van der Waals surface area contributed by atoms with E-state index in [-0.39, 0.29) is 12.5 Å². The minimum Gasteiger partial charge on any atom is -0.486 e. The lowest BCUT2D eigenvalue weighted by atomic mass is 10.0. The van der Waals surface area contributed by atoms with Crippen molar-refractivity contribution in [2.45, 2.75) is 13.0 Å². The van der Waals surface area contributed by atoms with E-state index in [1.165, 1.54) is 0 Å². The van der Waals surface area contributed by atoms with E-state index in [1.54, 1.807) is 12.5 Å². The highest BCUT2D eigenvalue weighted by atomic mass is 16.6. The number of nitrogens with zero attached hydrogens (tertiary/aromatic N) is 2. The molecule has 2 aromatic heterocycles. The molecule has 3 aromatic rings. The average molecular weight is 340 g/mol. The molecule has 0 saturated carbocycles. The van der Waals surface area contributed by atoms with Crippen LogP contribution in [0.15, 0.2) is 53.4 Å². The Bertz CT molecular complexity index is 826. The standard InChI is InChI=1S/C19H20N2O4/c22-13-14(10-16-2-1-7-23-16)12-21-6-5-20-19(21)15-3-4-17-18(11-15)25-9-8-24-17/h1-7,11,14,22H,8-10,12-13H2/t14-/m0/s1. The van der Waals surface area contributed by atoms with Crippen molar-refractivity contribution in [3.63, 3.8) is 0 Å². The number of aliphatic hydroxyl groups excluding tert-OH is 1. The third-order valence-electron chi connectivity index (χ3n) is 4.30. The van der Waals surface area contributed by atoms with Gasteiger partial charge in [0.05, 0.1) is 6.26 Å². The zero-order chi connectivity index (χ0) is 17.1. The number of benzene rings is 1. The third kappa shape index (κ3) is 3.39. The second-order valence-electron chi connectivity index (χ2n) is 6.09. The van der Waals surface area contributed by atoms with Gasteiger partial charge >= 0.3 is 0 Å². The van der Waals surface area contributed by atoms with Crippen molar-refractivity contribution in [2.24, 2.45) is 5.92 Å². The predicted molar refractivity (Wildman–Crippen MR) is 91.6 cm³/mol. The molecule has 1 atom stereocenters. The first-order chi connectivity index (χ1) is 12.3. The van der Waals surface area contributed by atoms with Crippen LogP contribution >= 0.6 is 0 Å². The average Bonchev–Trinajstić information content (AvgIpc) is 3.32. The van der Waals surface area contributed by atoms with Crippen LogP contribution in [0.5, 0.6) is 11.5 Å². The van der Waals surface area contributed by atoms with Crippen LogP contribution in [-0.4, -0.2) is 34.5 Å². The molecule has 0 saturated heterocycles. The van der Waals surface area contributed by atoms with Gasteiger partial charge in [-0.05, 0) is 30.3 Å². The van der Waals surface area contributed by atoms with E-state index in [0.717, 1.165) is 28.6 Å². The van der Waals surface area contributed by atoms with Crippen LogP contribution in [0.3, 0.4) is 0 Å². The van der Waals surface area contributed by atoms with Crippen LogP contribution in [-0.2, 0) is 13.0 Å². The summed E-state index contributed by atoms with van der Waals surface area (Å²) in [5.74, 6) is 3.28. The molecule has 0 bridgehead atoms. The van der Waals surface area contributed by atoms with Gasteiger partial charge in [0, 0.05) is 43.4 Å². The van der Waals surface area contributed by atoms with Crippen LogP contribution in [0.2, 0.25) is 0 Å². The molecule has 0 spiro atoms. The topological polar surface area (TPSA) is 69.7 Å². The van der Waals surface area contributed by atoms with E-state index < -0.39 is 0 Å². The van der Waals surface area contributed by atoms with Crippen molar-refractivity contribution < 1.29 is 19.0 Å². The molecule has 0 unspecified atom stereocenters. The minimum absolute atomic E-state index is 0.0521. The molecule has 3 heterocycles. The summed E-state index contributed by atoms with van der Waals surface area (Å²) in [6.45, 7) is 1.87. The summed E-state index contributed by atoms with van der Waals surface area (Å²) in [6, 6.07) is 9.63. The van der Waals surface area contributed by atoms with Crippen molar-refractivity contribution in [1.82, 2.24) is 9.55 Å².